The van der Waals surface area contributed by atoms with Gasteiger partial charge < -0.3 is 24.8 Å². The van der Waals surface area contributed by atoms with Gasteiger partial charge in [0.1, 0.15) is 36.5 Å². The first-order chi connectivity index (χ1) is 21.3. The zero-order chi connectivity index (χ0) is 34.3. The number of carbonyl (C=O) groups is 3. The van der Waals surface area contributed by atoms with Crippen molar-refractivity contribution < 1.29 is 39.2 Å². The van der Waals surface area contributed by atoms with Crippen LogP contribution in [0, 0.1) is 23.7 Å². The van der Waals surface area contributed by atoms with Gasteiger partial charge >= 0.3 is 11.9 Å². The topological polar surface area (TPSA) is 143 Å². The Morgan fingerprint density at radius 3 is 2.17 bits per heavy atom. The number of nitrogens with zero attached hydrogens (tertiary/aromatic N) is 1. The van der Waals surface area contributed by atoms with Crippen molar-refractivity contribution in [2.75, 3.05) is 13.2 Å². The van der Waals surface area contributed by atoms with Crippen LogP contribution >= 0.6 is 0 Å². The molecule has 46 heavy (non-hydrogen) atoms. The number of aromatic hydroxyl groups is 1. The van der Waals surface area contributed by atoms with Gasteiger partial charge in [-0.15, -0.1) is 0 Å². The first-order valence-corrected chi connectivity index (χ1v) is 15.6. The van der Waals surface area contributed by atoms with E-state index in [0.29, 0.717) is 22.9 Å². The summed E-state index contributed by atoms with van der Waals surface area (Å²) in [7, 11) is 0. The number of hydrogen-bond acceptors (Lipinski definition) is 9. The number of Topliss-reactive ketones (excluding diaryl/α,β-unsaturated/α-hetero) is 1. The van der Waals surface area contributed by atoms with Crippen LogP contribution in [-0.4, -0.2) is 57.3 Å². The number of rotatable bonds is 10. The number of fused-ring (bicyclic) bond motifs is 2. The van der Waals surface area contributed by atoms with E-state index in [1.165, 1.54) is 18.2 Å². The van der Waals surface area contributed by atoms with Crippen LogP contribution in [0.15, 0.2) is 36.4 Å². The molecular weight excluding hydrogens is 586 g/mol. The van der Waals surface area contributed by atoms with Gasteiger partial charge in [0.15, 0.2) is 5.78 Å². The van der Waals surface area contributed by atoms with Gasteiger partial charge in [-0.05, 0) is 79.0 Å². The fourth-order valence-corrected chi connectivity index (χ4v) is 5.78. The fourth-order valence-electron chi connectivity index (χ4n) is 5.78. The molecule has 2 unspecified atom stereocenters. The molecule has 2 aromatic carbocycles. The number of esters is 2. The van der Waals surface area contributed by atoms with Crippen LogP contribution in [0.4, 0.5) is 0 Å². The van der Waals surface area contributed by atoms with Crippen LogP contribution < -0.4 is 0 Å². The summed E-state index contributed by atoms with van der Waals surface area (Å²) in [4.78, 5) is 44.2. The van der Waals surface area contributed by atoms with E-state index >= 15 is 0 Å². The summed E-state index contributed by atoms with van der Waals surface area (Å²) in [6.45, 7) is 16.8. The van der Waals surface area contributed by atoms with Crippen molar-refractivity contribution in [2.24, 2.45) is 16.7 Å². The van der Waals surface area contributed by atoms with E-state index < -0.39 is 35.8 Å². The first kappa shape index (κ1) is 34.6. The Labute approximate surface area is 270 Å². The van der Waals surface area contributed by atoms with Crippen LogP contribution in [0.1, 0.15) is 111 Å². The summed E-state index contributed by atoms with van der Waals surface area (Å²) in [5.41, 5.74) is 1.01. The van der Waals surface area contributed by atoms with Crippen molar-refractivity contribution in [3.63, 3.8) is 0 Å². The standard InChI is InChI=1S/C37H45NO8/c1-19(2)16-37(9,36(6,7)8)35(44)46-18-24(39)17-45-34(43)25-15-27-26(12-21(25)5)32(41)30(33(27)42)31-29(40)14-23-13-22(20(3)4)10-11-28(23)38-31/h10-15,19-20,24,39-41H,16-18H2,1-9H3. The maximum absolute atomic E-state index is 13.5. The van der Waals surface area contributed by atoms with Crippen molar-refractivity contribution in [3.05, 3.63) is 69.9 Å². The molecule has 246 valence electrons. The van der Waals surface area contributed by atoms with E-state index in [1.54, 1.807) is 13.0 Å². The van der Waals surface area contributed by atoms with Gasteiger partial charge in [0, 0.05) is 16.5 Å². The van der Waals surface area contributed by atoms with E-state index in [2.05, 4.69) is 18.8 Å². The summed E-state index contributed by atoms with van der Waals surface area (Å²) in [6.07, 6.45) is -0.651. The Kier molecular flexibility index (Phi) is 9.69. The molecule has 0 bridgehead atoms. The third-order valence-corrected chi connectivity index (χ3v) is 9.01. The summed E-state index contributed by atoms with van der Waals surface area (Å²) in [6, 6.07) is 10.0. The van der Waals surface area contributed by atoms with Gasteiger partial charge in [-0.1, -0.05) is 54.5 Å². The van der Waals surface area contributed by atoms with Gasteiger partial charge in [-0.2, -0.15) is 0 Å². The average Bonchev–Trinajstić information content (AvgIpc) is 3.20. The second kappa shape index (κ2) is 12.9. The van der Waals surface area contributed by atoms with Crippen LogP contribution in [0.3, 0.4) is 0 Å². The molecule has 1 aromatic heterocycles. The molecule has 1 aliphatic carbocycles. The van der Waals surface area contributed by atoms with Crippen molar-refractivity contribution in [3.8, 4) is 5.75 Å². The molecule has 0 saturated carbocycles. The van der Waals surface area contributed by atoms with Crippen LogP contribution in [0.2, 0.25) is 0 Å². The predicted molar refractivity (Wildman–Crippen MR) is 177 cm³/mol. The SMILES string of the molecule is Cc1cc2c(cc1C(=O)OCC(O)COC(=O)C(C)(CC(C)C)C(C)(C)C)C(=O)C(c1nc3ccc(C(C)C)cc3cc1O)=C2O. The van der Waals surface area contributed by atoms with Gasteiger partial charge in [0.25, 0.3) is 0 Å². The number of ketones is 1. The summed E-state index contributed by atoms with van der Waals surface area (Å²) in [5, 5.41) is 33.1. The minimum atomic E-state index is -1.26. The molecule has 9 nitrogen and oxygen atoms in total. The monoisotopic (exact) mass is 631 g/mol. The Hall–Kier alpha value is -4.24. The van der Waals surface area contributed by atoms with E-state index in [9.17, 15) is 29.7 Å². The molecule has 0 amide bonds. The highest BCUT2D eigenvalue weighted by molar-refractivity contribution is 6.39. The van der Waals surface area contributed by atoms with E-state index in [1.807, 2.05) is 53.7 Å². The number of hydrogen-bond donors (Lipinski definition) is 3. The van der Waals surface area contributed by atoms with E-state index in [0.717, 1.165) is 5.56 Å². The lowest BCUT2D eigenvalue weighted by molar-refractivity contribution is -0.167. The van der Waals surface area contributed by atoms with Crippen molar-refractivity contribution in [1.29, 1.82) is 0 Å². The van der Waals surface area contributed by atoms with Gasteiger partial charge in [0.05, 0.1) is 22.1 Å². The molecule has 0 aliphatic heterocycles. The quantitative estimate of drug-likeness (QED) is 0.199. The maximum atomic E-state index is 13.5. The predicted octanol–water partition coefficient (Wildman–Crippen LogP) is 7.15. The third kappa shape index (κ3) is 6.65. The highest BCUT2D eigenvalue weighted by Crippen LogP contribution is 2.45. The molecule has 0 saturated heterocycles. The Morgan fingerprint density at radius 1 is 0.913 bits per heavy atom. The number of carbonyl (C=O) groups excluding carboxylic acids is 3. The van der Waals surface area contributed by atoms with Crippen LogP contribution in [0.5, 0.6) is 5.75 Å². The van der Waals surface area contributed by atoms with E-state index in [-0.39, 0.29) is 63.3 Å². The van der Waals surface area contributed by atoms with Crippen molar-refractivity contribution in [1.82, 2.24) is 4.98 Å². The van der Waals surface area contributed by atoms with Crippen molar-refractivity contribution in [2.45, 2.75) is 80.8 Å². The van der Waals surface area contributed by atoms with Gasteiger partial charge in [-0.3, -0.25) is 9.59 Å². The molecule has 0 fully saturated rings. The number of aliphatic hydroxyl groups excluding tert-OH is 2. The number of benzene rings is 2. The smallest absolute Gasteiger partial charge is 0.338 e. The Bertz CT molecular complexity index is 1730. The van der Waals surface area contributed by atoms with Crippen molar-refractivity contribution >= 4 is 40.0 Å². The fraction of sp³-hybridized carbons (Fsp3) is 0.459. The zero-order valence-electron chi connectivity index (χ0n) is 28.1. The molecule has 1 heterocycles. The summed E-state index contributed by atoms with van der Waals surface area (Å²) >= 11 is 0. The first-order valence-electron chi connectivity index (χ1n) is 15.6. The van der Waals surface area contributed by atoms with Crippen LogP contribution in [-0.2, 0) is 14.3 Å². The molecule has 1 aliphatic rings. The highest BCUT2D eigenvalue weighted by Gasteiger charge is 2.46. The number of aryl methyl sites for hydroxylation is 1. The maximum Gasteiger partial charge on any atom is 0.338 e. The zero-order valence-corrected chi connectivity index (χ0v) is 28.1. The molecule has 0 spiro atoms. The molecule has 0 radical (unpaired) electrons. The largest absolute Gasteiger partial charge is 0.506 e. The summed E-state index contributed by atoms with van der Waals surface area (Å²) in [5.74, 6) is -1.89. The summed E-state index contributed by atoms with van der Waals surface area (Å²) < 4.78 is 10.8. The number of ether oxygens (including phenoxy) is 2. The highest BCUT2D eigenvalue weighted by atomic mass is 16.6. The van der Waals surface area contributed by atoms with Gasteiger partial charge in [-0.25, -0.2) is 9.78 Å². The normalized spacial score (nSPS) is 15.3. The van der Waals surface area contributed by atoms with E-state index in [4.69, 9.17) is 9.47 Å². The lowest BCUT2D eigenvalue weighted by Crippen LogP contribution is -2.43. The second-order valence-corrected chi connectivity index (χ2v) is 14.3. The Balaban J connectivity index is 1.48. The lowest BCUT2D eigenvalue weighted by Gasteiger charge is -2.41. The molecule has 9 heteroatoms. The molecule has 2 atom stereocenters. The average molecular weight is 632 g/mol. The minimum Gasteiger partial charge on any atom is -0.506 e. The molecule has 4 rings (SSSR count). The third-order valence-electron chi connectivity index (χ3n) is 9.01. The van der Waals surface area contributed by atoms with Gasteiger partial charge in [0.2, 0.25) is 0 Å². The number of allylic oxidation sites excluding steroid dienone is 1. The number of aromatic nitrogens is 1. The molecule has 3 N–H and O–H groups in total. The second-order valence-electron chi connectivity index (χ2n) is 14.3. The molecule has 3 aromatic rings. The lowest BCUT2D eigenvalue weighted by atomic mass is 9.64. The number of pyridine rings is 1. The molecular formula is C37H45NO8. The minimum absolute atomic E-state index is 0.0566. The van der Waals surface area contributed by atoms with Crippen LogP contribution in [0.25, 0.3) is 22.2 Å². The Morgan fingerprint density at radius 2 is 1.57 bits per heavy atom. The number of aliphatic hydroxyl groups is 2.